The van der Waals surface area contributed by atoms with Crippen LogP contribution in [0.5, 0.6) is 0 Å². The molecular weight excluding hydrogens is 421 g/mol. The Hall–Kier alpha value is -2.08. The predicted octanol–water partition coefficient (Wildman–Crippen LogP) is 4.66. The molecule has 1 aliphatic heterocycles. The van der Waals surface area contributed by atoms with Crippen molar-refractivity contribution in [2.45, 2.75) is 37.8 Å². The Balaban J connectivity index is 1.47. The van der Waals surface area contributed by atoms with Crippen LogP contribution in [-0.4, -0.2) is 35.8 Å². The molecule has 1 unspecified atom stereocenters. The van der Waals surface area contributed by atoms with Gasteiger partial charge in [0, 0.05) is 27.7 Å². The molecule has 1 saturated heterocycles. The quantitative estimate of drug-likeness (QED) is 0.679. The van der Waals surface area contributed by atoms with Gasteiger partial charge in [-0.05, 0) is 62.5 Å². The Morgan fingerprint density at radius 2 is 1.57 bits per heavy atom. The maximum absolute atomic E-state index is 13.3. The highest BCUT2D eigenvalue weighted by atomic mass is 35.5. The van der Waals surface area contributed by atoms with Crippen LogP contribution in [0.4, 0.5) is 5.69 Å². The Morgan fingerprint density at radius 3 is 2.17 bits per heavy atom. The van der Waals surface area contributed by atoms with Gasteiger partial charge in [-0.25, -0.2) is 0 Å². The first-order valence-corrected chi connectivity index (χ1v) is 11.1. The molecule has 30 heavy (non-hydrogen) atoms. The van der Waals surface area contributed by atoms with E-state index < -0.39 is 6.04 Å². The fraction of sp³-hybridized carbons (Fsp3) is 0.391. The van der Waals surface area contributed by atoms with Gasteiger partial charge in [0.05, 0.1) is 0 Å². The van der Waals surface area contributed by atoms with Gasteiger partial charge in [0.2, 0.25) is 11.8 Å². The number of hydrogen-bond donors (Lipinski definition) is 2. The fourth-order valence-corrected chi connectivity index (χ4v) is 4.49. The third-order valence-electron chi connectivity index (χ3n) is 5.68. The number of nitrogens with zero attached hydrogens (tertiary/aromatic N) is 1. The van der Waals surface area contributed by atoms with E-state index in [0.717, 1.165) is 31.2 Å². The molecule has 1 saturated carbocycles. The summed E-state index contributed by atoms with van der Waals surface area (Å²) >= 11 is 12.2. The number of likely N-dealkylation sites (tertiary alicyclic amines) is 1. The van der Waals surface area contributed by atoms with Crippen molar-refractivity contribution in [3.8, 4) is 0 Å². The van der Waals surface area contributed by atoms with Crippen molar-refractivity contribution in [1.29, 1.82) is 0 Å². The van der Waals surface area contributed by atoms with Crippen molar-refractivity contribution in [3.63, 3.8) is 0 Å². The van der Waals surface area contributed by atoms with Crippen LogP contribution < -0.4 is 10.6 Å². The van der Waals surface area contributed by atoms with Crippen LogP contribution in [0.15, 0.2) is 48.5 Å². The fourth-order valence-electron chi connectivity index (χ4n) is 3.97. The lowest BCUT2D eigenvalue weighted by Crippen LogP contribution is -2.45. The van der Waals surface area contributed by atoms with E-state index in [1.165, 1.54) is 0 Å². The van der Waals surface area contributed by atoms with E-state index in [1.807, 2.05) is 30.3 Å². The first-order valence-electron chi connectivity index (χ1n) is 10.4. The summed E-state index contributed by atoms with van der Waals surface area (Å²) in [5.74, 6) is 0.0416. The second-order valence-corrected chi connectivity index (χ2v) is 8.93. The molecule has 1 atom stereocenters. The normalized spacial score (nSPS) is 18.6. The third-order valence-corrected chi connectivity index (χ3v) is 6.12. The molecule has 2 aliphatic rings. The zero-order valence-corrected chi connectivity index (χ0v) is 18.1. The van der Waals surface area contributed by atoms with Crippen molar-refractivity contribution < 1.29 is 9.59 Å². The van der Waals surface area contributed by atoms with E-state index in [9.17, 15) is 9.59 Å². The van der Waals surface area contributed by atoms with Crippen LogP contribution in [0.2, 0.25) is 10.0 Å². The molecule has 4 rings (SSSR count). The Kier molecular flexibility index (Phi) is 6.61. The highest BCUT2D eigenvalue weighted by molar-refractivity contribution is 6.35. The molecule has 0 aromatic heterocycles. The molecule has 2 aromatic carbocycles. The van der Waals surface area contributed by atoms with Gasteiger partial charge in [0.25, 0.3) is 0 Å². The third kappa shape index (κ3) is 5.34. The molecule has 2 N–H and O–H groups in total. The topological polar surface area (TPSA) is 61.4 Å². The van der Waals surface area contributed by atoms with Crippen molar-refractivity contribution >= 4 is 40.7 Å². The molecule has 7 heteroatoms. The molecule has 158 valence electrons. The smallest absolute Gasteiger partial charge is 0.246 e. The number of rotatable bonds is 6. The highest BCUT2D eigenvalue weighted by Crippen LogP contribution is 2.30. The van der Waals surface area contributed by atoms with Crippen LogP contribution >= 0.6 is 23.2 Å². The zero-order chi connectivity index (χ0) is 21.1. The Bertz CT molecular complexity index is 890. The van der Waals surface area contributed by atoms with E-state index in [2.05, 4.69) is 15.5 Å². The average Bonchev–Trinajstić information content (AvgIpc) is 3.52. The minimum Gasteiger partial charge on any atom is -0.353 e. The summed E-state index contributed by atoms with van der Waals surface area (Å²) in [5, 5.41) is 7.00. The first-order chi connectivity index (χ1) is 14.5. The Morgan fingerprint density at radius 1 is 0.933 bits per heavy atom. The molecule has 1 aliphatic carbocycles. The van der Waals surface area contributed by atoms with Crippen molar-refractivity contribution in [2.75, 3.05) is 18.4 Å². The first kappa shape index (κ1) is 21.2. The van der Waals surface area contributed by atoms with Crippen LogP contribution in [-0.2, 0) is 9.59 Å². The summed E-state index contributed by atoms with van der Waals surface area (Å²) in [7, 11) is 0. The summed E-state index contributed by atoms with van der Waals surface area (Å²) in [6.45, 7) is 1.37. The lowest BCUT2D eigenvalue weighted by atomic mass is 9.93. The van der Waals surface area contributed by atoms with Gasteiger partial charge in [-0.15, -0.1) is 0 Å². The summed E-state index contributed by atoms with van der Waals surface area (Å²) in [4.78, 5) is 27.8. The lowest BCUT2D eigenvalue weighted by molar-refractivity contribution is -0.127. The number of halogens is 2. The van der Waals surface area contributed by atoms with E-state index in [0.29, 0.717) is 34.9 Å². The van der Waals surface area contributed by atoms with E-state index in [-0.39, 0.29) is 17.7 Å². The summed E-state index contributed by atoms with van der Waals surface area (Å²) < 4.78 is 0. The van der Waals surface area contributed by atoms with Gasteiger partial charge in [0.15, 0.2) is 0 Å². The van der Waals surface area contributed by atoms with Crippen LogP contribution in [0.25, 0.3) is 0 Å². The maximum atomic E-state index is 13.3. The Labute approximate surface area is 186 Å². The highest BCUT2D eigenvalue weighted by Gasteiger charge is 2.34. The second kappa shape index (κ2) is 9.38. The van der Waals surface area contributed by atoms with Gasteiger partial charge in [-0.2, -0.15) is 0 Å². The number of carbonyl (C=O) groups excluding carboxylic acids is 2. The zero-order valence-electron chi connectivity index (χ0n) is 16.6. The largest absolute Gasteiger partial charge is 0.353 e. The number of piperidine rings is 1. The predicted molar refractivity (Wildman–Crippen MR) is 120 cm³/mol. The number of hydrogen-bond acceptors (Lipinski definition) is 3. The van der Waals surface area contributed by atoms with Crippen LogP contribution in [0, 0.1) is 5.92 Å². The molecule has 2 amide bonds. The summed E-state index contributed by atoms with van der Waals surface area (Å²) in [6.07, 6.45) is 3.68. The second-order valence-electron chi connectivity index (χ2n) is 8.05. The molecule has 2 fully saturated rings. The molecule has 0 radical (unpaired) electrons. The van der Waals surface area contributed by atoms with Crippen molar-refractivity contribution in [1.82, 2.24) is 10.2 Å². The van der Waals surface area contributed by atoms with Crippen LogP contribution in [0.1, 0.15) is 37.3 Å². The van der Waals surface area contributed by atoms with Gasteiger partial charge in [-0.3, -0.25) is 14.5 Å². The molecule has 2 aromatic rings. The van der Waals surface area contributed by atoms with Crippen molar-refractivity contribution in [2.24, 2.45) is 5.92 Å². The number of benzene rings is 2. The van der Waals surface area contributed by atoms with E-state index in [4.69, 9.17) is 23.2 Å². The minimum absolute atomic E-state index is 0.0214. The van der Waals surface area contributed by atoms with Gasteiger partial charge >= 0.3 is 0 Å². The van der Waals surface area contributed by atoms with Crippen LogP contribution in [0.3, 0.4) is 0 Å². The van der Waals surface area contributed by atoms with Gasteiger partial charge in [-0.1, -0.05) is 53.5 Å². The van der Waals surface area contributed by atoms with Gasteiger partial charge in [0.1, 0.15) is 6.04 Å². The van der Waals surface area contributed by atoms with E-state index >= 15 is 0 Å². The molecule has 0 spiro atoms. The number of anilines is 1. The molecule has 5 nitrogen and oxygen atoms in total. The maximum Gasteiger partial charge on any atom is 0.246 e. The molecule has 0 bridgehead atoms. The molecule has 1 heterocycles. The summed E-state index contributed by atoms with van der Waals surface area (Å²) in [5.41, 5.74) is 1.49. The lowest BCUT2D eigenvalue weighted by Gasteiger charge is -2.36. The van der Waals surface area contributed by atoms with E-state index in [1.54, 1.807) is 18.2 Å². The molecular formula is C23H25Cl2N3O2. The SMILES string of the molecule is O=C(NC1CC1)C1CCN(C(C(=O)Nc2cc(Cl)cc(Cl)c2)c2ccccc2)CC1. The summed E-state index contributed by atoms with van der Waals surface area (Å²) in [6, 6.07) is 14.6. The average molecular weight is 446 g/mol. The van der Waals surface area contributed by atoms with Gasteiger partial charge < -0.3 is 10.6 Å². The number of carbonyl (C=O) groups is 2. The monoisotopic (exact) mass is 445 g/mol. The minimum atomic E-state index is -0.448. The van der Waals surface area contributed by atoms with Crippen molar-refractivity contribution in [3.05, 3.63) is 64.1 Å². The number of amides is 2. The number of nitrogens with one attached hydrogen (secondary N) is 2. The standard InChI is InChI=1S/C23H25Cl2N3O2/c24-17-12-18(25)14-20(13-17)27-23(30)21(15-4-2-1-3-5-15)28-10-8-16(9-11-28)22(29)26-19-6-7-19/h1-5,12-14,16,19,21H,6-11H2,(H,26,29)(H,27,30).